The van der Waals surface area contributed by atoms with Gasteiger partial charge in [0.25, 0.3) is 0 Å². The number of nitrogens with one attached hydrogen (secondary N) is 6. The Morgan fingerprint density at radius 3 is 1.53 bits per heavy atom. The van der Waals surface area contributed by atoms with Crippen LogP contribution in [0.15, 0.2) is 10.3 Å². The number of amides is 4. The molecule has 354 valence electrons. The number of alkyl carbamates (subject to hydrolysis) is 1. The molecule has 7 rings (SSSR count). The van der Waals surface area contributed by atoms with Gasteiger partial charge in [-0.15, -0.1) is 0 Å². The molecule has 3 atom stereocenters. The highest BCUT2D eigenvalue weighted by Crippen LogP contribution is 2.33. The Balaban J connectivity index is 0.000000216. The molecule has 2 saturated carbocycles. The van der Waals surface area contributed by atoms with Gasteiger partial charge >= 0.3 is 12.2 Å². The van der Waals surface area contributed by atoms with E-state index >= 15 is 4.39 Å². The third kappa shape index (κ3) is 14.2. The molecular weight excluding hydrogens is 875 g/mol. The number of hydrazine groups is 2. The molecule has 0 spiro atoms. The summed E-state index contributed by atoms with van der Waals surface area (Å²) < 4.78 is 40.6. The number of nitrogens with zero attached hydrogens (tertiary/aromatic N) is 6. The zero-order valence-electron chi connectivity index (χ0n) is 36.6. The summed E-state index contributed by atoms with van der Waals surface area (Å²) in [6, 6.07) is 0. The number of halogens is 2. The number of hydrogen-bond donors (Lipinski definition) is 7. The molecule has 3 saturated heterocycles. The van der Waals surface area contributed by atoms with E-state index in [-0.39, 0.29) is 48.2 Å². The van der Waals surface area contributed by atoms with Gasteiger partial charge in [0.1, 0.15) is 0 Å². The van der Waals surface area contributed by atoms with Crippen LogP contribution in [0.25, 0.3) is 0 Å². The topological polar surface area (TPSA) is 237 Å². The maximum absolute atomic E-state index is 15.0. The van der Waals surface area contributed by atoms with Gasteiger partial charge in [0.05, 0.1) is 18.4 Å². The number of anilines is 4. The predicted octanol–water partition coefficient (Wildman–Crippen LogP) is 5.90. The fraction of sp³-hybridized carbons (Fsp3) is 0.707. The largest absolute Gasteiger partial charge is 0.465 e. The summed E-state index contributed by atoms with van der Waals surface area (Å²) in [6.45, 7) is 3.66. The summed E-state index contributed by atoms with van der Waals surface area (Å²) in [5, 5.41) is 14.7. The van der Waals surface area contributed by atoms with Crippen LogP contribution in [-0.4, -0.2) is 114 Å². The third-order valence-corrected chi connectivity index (χ3v) is 13.3. The highest BCUT2D eigenvalue weighted by atomic mass is 32.2. The molecule has 4 amide bonds. The summed E-state index contributed by atoms with van der Waals surface area (Å²) in [6.07, 6.45) is 15.9. The van der Waals surface area contributed by atoms with Gasteiger partial charge in [-0.1, -0.05) is 74.9 Å². The van der Waals surface area contributed by atoms with E-state index in [9.17, 15) is 23.6 Å². The lowest BCUT2D eigenvalue weighted by atomic mass is 9.92. The fourth-order valence-electron chi connectivity index (χ4n) is 8.34. The zero-order chi connectivity index (χ0) is 45.4. The van der Waals surface area contributed by atoms with Crippen molar-refractivity contribution in [1.29, 1.82) is 0 Å². The molecule has 5 heterocycles. The lowest BCUT2D eigenvalue weighted by molar-refractivity contribution is -0.128. The van der Waals surface area contributed by atoms with Gasteiger partial charge < -0.3 is 35.0 Å². The van der Waals surface area contributed by atoms with Crippen molar-refractivity contribution in [3.05, 3.63) is 11.6 Å². The highest BCUT2D eigenvalue weighted by molar-refractivity contribution is 7.98. The Morgan fingerprint density at radius 1 is 0.688 bits per heavy atom. The average Bonchev–Trinajstić information content (AvgIpc) is 3.98. The predicted molar refractivity (Wildman–Crippen MR) is 239 cm³/mol. The van der Waals surface area contributed by atoms with Crippen molar-refractivity contribution in [2.45, 2.75) is 113 Å². The van der Waals surface area contributed by atoms with E-state index in [2.05, 4.69) is 52.3 Å². The smallest absolute Gasteiger partial charge is 0.409 e. The second kappa shape index (κ2) is 24.6. The quantitative estimate of drug-likeness (QED) is 0.0494. The summed E-state index contributed by atoms with van der Waals surface area (Å²) in [5.74, 6) is -1.84. The third-order valence-electron chi connectivity index (χ3n) is 12.2. The molecule has 5 aliphatic rings. The van der Waals surface area contributed by atoms with Crippen LogP contribution in [0.1, 0.15) is 96.3 Å². The number of carbonyl (C=O) groups excluding carboxylic acids is 3. The normalized spacial score (nSPS) is 19.5. The fourth-order valence-corrected chi connectivity index (χ4v) is 9.07. The Hall–Kier alpha value is -4.64. The molecule has 5 fully saturated rings. The maximum atomic E-state index is 15.0. The van der Waals surface area contributed by atoms with Crippen molar-refractivity contribution >= 4 is 70.8 Å². The molecule has 1 unspecified atom stereocenters. The average molecular weight is 937 g/mol. The van der Waals surface area contributed by atoms with E-state index in [1.165, 1.54) is 23.5 Å². The molecule has 0 aromatic carbocycles. The number of aromatic nitrogens is 4. The Morgan fingerprint density at radius 2 is 1.14 bits per heavy atom. The minimum atomic E-state index is -1.17. The van der Waals surface area contributed by atoms with E-state index in [0.717, 1.165) is 103 Å². The van der Waals surface area contributed by atoms with Gasteiger partial charge in [-0.25, -0.2) is 29.5 Å². The first-order valence-electron chi connectivity index (χ1n) is 22.4. The molecule has 2 aromatic rings. The maximum Gasteiger partial charge on any atom is 0.409 e. The number of rotatable bonds is 19. The van der Waals surface area contributed by atoms with Crippen molar-refractivity contribution in [1.82, 2.24) is 41.4 Å². The van der Waals surface area contributed by atoms with Crippen LogP contribution in [0, 0.1) is 35.3 Å². The summed E-state index contributed by atoms with van der Waals surface area (Å²) >= 11 is 2.59. The number of carboxylic acid groups (broad SMARTS) is 1. The minimum absolute atomic E-state index is 0.0146. The lowest BCUT2D eigenvalue weighted by Crippen LogP contribution is -2.43. The summed E-state index contributed by atoms with van der Waals surface area (Å²) in [4.78, 5) is 69.4. The molecule has 0 radical (unpaired) electrons. The number of hydrogen-bond acceptors (Lipinski definition) is 16. The van der Waals surface area contributed by atoms with Crippen LogP contribution in [0.4, 0.5) is 41.6 Å². The molecule has 23 heteroatoms. The van der Waals surface area contributed by atoms with Gasteiger partial charge in [0.2, 0.25) is 29.7 Å². The number of carbonyl (C=O) groups is 4. The zero-order valence-corrected chi connectivity index (χ0v) is 38.2. The van der Waals surface area contributed by atoms with Crippen LogP contribution < -0.4 is 42.1 Å². The number of ether oxygens (including phenoxy) is 2. The first-order chi connectivity index (χ1) is 31.0. The van der Waals surface area contributed by atoms with Gasteiger partial charge in [-0.3, -0.25) is 31.3 Å². The van der Waals surface area contributed by atoms with Gasteiger partial charge in [-0.2, -0.15) is 8.78 Å². The monoisotopic (exact) mass is 936 g/mol. The van der Waals surface area contributed by atoms with Crippen molar-refractivity contribution in [2.24, 2.45) is 23.7 Å². The molecule has 0 bridgehead atoms. The second-order valence-electron chi connectivity index (χ2n) is 16.7. The molecular formula is C41H62F2N12O7S2. The Kier molecular flexibility index (Phi) is 18.8. The summed E-state index contributed by atoms with van der Waals surface area (Å²) in [7, 11) is 0. The molecule has 64 heavy (non-hydrogen) atoms. The second-order valence-corrected chi connectivity index (χ2v) is 18.3. The lowest BCUT2D eigenvalue weighted by Gasteiger charge is -2.32. The van der Waals surface area contributed by atoms with Crippen LogP contribution in [-0.2, 0) is 19.1 Å². The van der Waals surface area contributed by atoms with Crippen LogP contribution >= 0.6 is 23.5 Å². The van der Waals surface area contributed by atoms with Gasteiger partial charge in [-0.05, 0) is 62.9 Å². The highest BCUT2D eigenvalue weighted by Gasteiger charge is 2.30. The van der Waals surface area contributed by atoms with Crippen molar-refractivity contribution in [3.63, 3.8) is 0 Å². The van der Waals surface area contributed by atoms with Crippen molar-refractivity contribution in [2.75, 3.05) is 79.0 Å². The van der Waals surface area contributed by atoms with Gasteiger partial charge in [0, 0.05) is 45.7 Å². The Bertz CT molecular complexity index is 1880. The molecule has 19 nitrogen and oxygen atoms in total. The molecule has 3 aliphatic heterocycles. The first kappa shape index (κ1) is 48.8. The molecule has 7 N–H and O–H groups in total. The first-order valence-corrected chi connectivity index (χ1v) is 24.8. The van der Waals surface area contributed by atoms with E-state index in [1.807, 2.05) is 16.1 Å². The van der Waals surface area contributed by atoms with E-state index in [0.29, 0.717) is 48.0 Å². The number of thioether (sulfide) groups is 2. The van der Waals surface area contributed by atoms with Crippen LogP contribution in [0.5, 0.6) is 0 Å². The van der Waals surface area contributed by atoms with Crippen LogP contribution in [0.3, 0.4) is 0 Å². The SMILES string of the molecule is CSc1nc(NNC(=O)[C@@H](CNC(=O)O)CC2CCCC2)c(F)c(N2CCC2)n1.CSc1nc(NNC(=O)[C@@H](CNC(=O)OC2CCCCO2)CC2CCCC2)c(F)c(N2CCC2)n1. The van der Waals surface area contributed by atoms with Crippen molar-refractivity contribution in [3.8, 4) is 0 Å². The molecule has 2 aliphatic carbocycles. The van der Waals surface area contributed by atoms with E-state index in [4.69, 9.17) is 14.6 Å². The van der Waals surface area contributed by atoms with Gasteiger partial charge in [0.15, 0.2) is 33.6 Å². The standard InChI is InChI=1S/C23H35FN6O4S.C18H27FN6O3S/c1-35-22-26-19(18(24)20(27-22)30-10-6-11-30)28-29-21(31)16(13-15-7-2-3-8-15)14-25-23(32)34-17-9-4-5-12-33-17;1-29-17-21-14(13(19)15(22-17)25-7-4-8-25)23-24-16(26)12(10-20-18(27)28)9-11-5-2-3-6-11/h15-17H,2-14H2,1H3,(H,25,32)(H,29,31)(H,26,27,28);11-12,20H,2-10H2,1H3,(H,24,26)(H,27,28)(H,21,22,23)/t16-,17?;12-/m11/s1. The van der Waals surface area contributed by atoms with Crippen molar-refractivity contribution < 1.29 is 42.5 Å². The summed E-state index contributed by atoms with van der Waals surface area (Å²) in [5.41, 5.74) is 10.4. The minimum Gasteiger partial charge on any atom is -0.465 e. The van der Waals surface area contributed by atoms with E-state index < -0.39 is 41.9 Å². The molecule has 2 aromatic heterocycles. The van der Waals surface area contributed by atoms with E-state index in [1.54, 1.807) is 6.26 Å². The Labute approximate surface area is 380 Å². The van der Waals surface area contributed by atoms with Crippen LogP contribution in [0.2, 0.25) is 0 Å².